The first-order chi connectivity index (χ1) is 12.4. The van der Waals surface area contributed by atoms with Crippen molar-refractivity contribution in [1.29, 1.82) is 0 Å². The Morgan fingerprint density at radius 1 is 0.962 bits per heavy atom. The highest BCUT2D eigenvalue weighted by Crippen LogP contribution is 2.39. The van der Waals surface area contributed by atoms with Crippen molar-refractivity contribution >= 4 is 6.29 Å². The van der Waals surface area contributed by atoms with E-state index in [1.807, 2.05) is 6.07 Å². The van der Waals surface area contributed by atoms with Crippen LogP contribution in [-0.2, 0) is 10.2 Å². The van der Waals surface area contributed by atoms with Gasteiger partial charge >= 0.3 is 0 Å². The number of methoxy groups -OCH3 is 2. The Hall–Kier alpha value is -1.77. The molecule has 0 amide bonds. The summed E-state index contributed by atoms with van der Waals surface area (Å²) in [6.07, 6.45) is 11.6. The highest BCUT2D eigenvalue weighted by molar-refractivity contribution is 5.51. The molecular formula is C23H36O3. The van der Waals surface area contributed by atoms with E-state index in [2.05, 4.69) is 52.0 Å². The lowest BCUT2D eigenvalue weighted by molar-refractivity contribution is -0.109. The number of hydrogen-bond acceptors (Lipinski definition) is 3. The summed E-state index contributed by atoms with van der Waals surface area (Å²) in [7, 11) is 3.32. The van der Waals surface area contributed by atoms with Gasteiger partial charge in [0.2, 0.25) is 0 Å². The minimum absolute atomic E-state index is 0.0800. The number of allylic oxidation sites excluding steroid dienone is 2. The van der Waals surface area contributed by atoms with Crippen LogP contribution in [0.4, 0.5) is 0 Å². The molecule has 1 rings (SSSR count). The van der Waals surface area contributed by atoms with Gasteiger partial charge in [0.25, 0.3) is 0 Å². The molecule has 0 aliphatic carbocycles. The zero-order chi connectivity index (χ0) is 19.6. The molecule has 0 radical (unpaired) electrons. The van der Waals surface area contributed by atoms with Gasteiger partial charge in [0, 0.05) is 11.8 Å². The Morgan fingerprint density at radius 3 is 2.19 bits per heavy atom. The van der Waals surface area contributed by atoms with E-state index >= 15 is 0 Å². The molecule has 0 aliphatic rings. The van der Waals surface area contributed by atoms with E-state index in [9.17, 15) is 4.79 Å². The molecule has 0 bridgehead atoms. The van der Waals surface area contributed by atoms with Gasteiger partial charge in [-0.15, -0.1) is 0 Å². The molecule has 1 aromatic carbocycles. The lowest BCUT2D eigenvalue weighted by Gasteiger charge is -2.30. The molecule has 0 unspecified atom stereocenters. The van der Waals surface area contributed by atoms with Gasteiger partial charge in [0.1, 0.15) is 6.29 Å². The third-order valence-corrected chi connectivity index (χ3v) is 5.32. The summed E-state index contributed by atoms with van der Waals surface area (Å²) in [6.45, 7) is 8.84. The fourth-order valence-electron chi connectivity index (χ4n) is 3.44. The highest BCUT2D eigenvalue weighted by Gasteiger charge is 2.27. The van der Waals surface area contributed by atoms with Crippen molar-refractivity contribution in [3.63, 3.8) is 0 Å². The van der Waals surface area contributed by atoms with Crippen LogP contribution in [0.5, 0.6) is 11.5 Å². The molecule has 146 valence electrons. The monoisotopic (exact) mass is 360 g/mol. The number of ether oxygens (including phenoxy) is 2. The average Bonchev–Trinajstić information content (AvgIpc) is 2.65. The average molecular weight is 361 g/mol. The Kier molecular flexibility index (Phi) is 8.91. The summed E-state index contributed by atoms with van der Waals surface area (Å²) >= 11 is 0. The molecule has 0 aromatic heterocycles. The molecule has 2 atom stereocenters. The third kappa shape index (κ3) is 5.89. The molecule has 3 heteroatoms. The SMILES string of the molecule is CCCC[C@@](C)(/C=C/[C@](C)(CCC)c1ccc(OC)c(OC)c1)CC=O. The molecule has 0 heterocycles. The summed E-state index contributed by atoms with van der Waals surface area (Å²) < 4.78 is 10.9. The van der Waals surface area contributed by atoms with Crippen molar-refractivity contribution in [1.82, 2.24) is 0 Å². The summed E-state index contributed by atoms with van der Waals surface area (Å²) in [5.41, 5.74) is 1.02. The van der Waals surface area contributed by atoms with E-state index in [1.54, 1.807) is 14.2 Å². The second-order valence-electron chi connectivity index (χ2n) is 7.70. The Balaban J connectivity index is 3.24. The van der Waals surface area contributed by atoms with Gasteiger partial charge in [-0.1, -0.05) is 65.2 Å². The van der Waals surface area contributed by atoms with Gasteiger partial charge in [-0.25, -0.2) is 0 Å². The molecule has 0 fully saturated rings. The third-order valence-electron chi connectivity index (χ3n) is 5.32. The Bertz CT molecular complexity index is 593. The van der Waals surface area contributed by atoms with Crippen molar-refractivity contribution < 1.29 is 14.3 Å². The number of rotatable bonds is 12. The molecule has 0 N–H and O–H groups in total. The highest BCUT2D eigenvalue weighted by atomic mass is 16.5. The zero-order valence-corrected chi connectivity index (χ0v) is 17.4. The number of aldehydes is 1. The minimum Gasteiger partial charge on any atom is -0.493 e. The molecule has 0 saturated heterocycles. The van der Waals surface area contributed by atoms with Crippen LogP contribution in [-0.4, -0.2) is 20.5 Å². The minimum atomic E-state index is -0.106. The van der Waals surface area contributed by atoms with Crippen LogP contribution >= 0.6 is 0 Å². The number of unbranched alkanes of at least 4 members (excludes halogenated alkanes) is 1. The maximum Gasteiger partial charge on any atom is 0.161 e. The van der Waals surface area contributed by atoms with Crippen molar-refractivity contribution in [3.8, 4) is 11.5 Å². The van der Waals surface area contributed by atoms with E-state index in [0.29, 0.717) is 6.42 Å². The molecule has 3 nitrogen and oxygen atoms in total. The molecule has 0 spiro atoms. The second-order valence-corrected chi connectivity index (χ2v) is 7.70. The second kappa shape index (κ2) is 10.4. The summed E-state index contributed by atoms with van der Waals surface area (Å²) in [4.78, 5) is 11.2. The molecule has 0 aliphatic heterocycles. The largest absolute Gasteiger partial charge is 0.493 e. The van der Waals surface area contributed by atoms with Crippen LogP contribution in [0, 0.1) is 5.41 Å². The van der Waals surface area contributed by atoms with Gasteiger partial charge in [-0.05, 0) is 36.0 Å². The van der Waals surface area contributed by atoms with Crippen LogP contribution in [0.25, 0.3) is 0 Å². The lowest BCUT2D eigenvalue weighted by Crippen LogP contribution is -2.21. The van der Waals surface area contributed by atoms with E-state index in [0.717, 1.165) is 49.9 Å². The Morgan fingerprint density at radius 2 is 1.65 bits per heavy atom. The topological polar surface area (TPSA) is 35.5 Å². The van der Waals surface area contributed by atoms with Crippen LogP contribution in [0.1, 0.15) is 71.8 Å². The van der Waals surface area contributed by atoms with Crippen molar-refractivity contribution in [2.24, 2.45) is 5.41 Å². The van der Waals surface area contributed by atoms with E-state index in [4.69, 9.17) is 9.47 Å². The van der Waals surface area contributed by atoms with Crippen molar-refractivity contribution in [2.45, 2.75) is 71.6 Å². The summed E-state index contributed by atoms with van der Waals surface area (Å²) in [5, 5.41) is 0. The van der Waals surface area contributed by atoms with E-state index in [-0.39, 0.29) is 10.8 Å². The van der Waals surface area contributed by atoms with Crippen LogP contribution in [0.2, 0.25) is 0 Å². The van der Waals surface area contributed by atoms with Crippen LogP contribution in [0.15, 0.2) is 30.4 Å². The fourth-order valence-corrected chi connectivity index (χ4v) is 3.44. The quantitative estimate of drug-likeness (QED) is 0.333. The molecule has 26 heavy (non-hydrogen) atoms. The predicted molar refractivity (Wildman–Crippen MR) is 109 cm³/mol. The maximum atomic E-state index is 11.2. The van der Waals surface area contributed by atoms with Gasteiger partial charge < -0.3 is 14.3 Å². The first-order valence-electron chi connectivity index (χ1n) is 9.74. The smallest absolute Gasteiger partial charge is 0.161 e. The van der Waals surface area contributed by atoms with Gasteiger partial charge in [-0.2, -0.15) is 0 Å². The zero-order valence-electron chi connectivity index (χ0n) is 17.4. The van der Waals surface area contributed by atoms with Crippen molar-refractivity contribution in [2.75, 3.05) is 14.2 Å². The van der Waals surface area contributed by atoms with Gasteiger partial charge in [0.05, 0.1) is 14.2 Å². The van der Waals surface area contributed by atoms with E-state index in [1.165, 1.54) is 5.56 Å². The fraction of sp³-hybridized carbons (Fsp3) is 0.609. The van der Waals surface area contributed by atoms with Gasteiger partial charge in [0.15, 0.2) is 11.5 Å². The number of carbonyl (C=O) groups is 1. The number of hydrogen-bond donors (Lipinski definition) is 0. The first kappa shape index (κ1) is 22.3. The normalized spacial score (nSPS) is 16.1. The standard InChI is InChI=1S/C23H36O3/c1-7-9-13-22(3,16-17-24)14-15-23(4,12-8-2)19-10-11-20(25-5)21(18-19)26-6/h10-11,14-15,17-18H,7-9,12-13,16H2,1-6H3/b15-14+/t22-,23-/m0/s1. The lowest BCUT2D eigenvalue weighted by atomic mass is 9.74. The van der Waals surface area contributed by atoms with Gasteiger partial charge in [-0.3, -0.25) is 0 Å². The van der Waals surface area contributed by atoms with Crippen LogP contribution in [0.3, 0.4) is 0 Å². The predicted octanol–water partition coefficient (Wildman–Crippen LogP) is 6.10. The molecule has 0 saturated carbocycles. The molecule has 1 aromatic rings. The van der Waals surface area contributed by atoms with Crippen LogP contribution < -0.4 is 9.47 Å². The Labute approximate surface area is 159 Å². The number of carbonyl (C=O) groups excluding carboxylic acids is 1. The summed E-state index contributed by atoms with van der Waals surface area (Å²) in [6, 6.07) is 6.16. The van der Waals surface area contributed by atoms with Crippen molar-refractivity contribution in [3.05, 3.63) is 35.9 Å². The first-order valence-corrected chi connectivity index (χ1v) is 9.74. The maximum absolute atomic E-state index is 11.2. The summed E-state index contributed by atoms with van der Waals surface area (Å²) in [5.74, 6) is 1.50. The number of benzene rings is 1. The van der Waals surface area contributed by atoms with E-state index < -0.39 is 0 Å². The molecular weight excluding hydrogens is 324 g/mol.